The van der Waals surface area contributed by atoms with Gasteiger partial charge in [-0.3, -0.25) is 4.79 Å². The van der Waals surface area contributed by atoms with E-state index < -0.39 is 18.4 Å². The molecule has 0 aliphatic heterocycles. The summed E-state index contributed by atoms with van der Waals surface area (Å²) in [6.45, 7) is 0. The Labute approximate surface area is 131 Å². The predicted octanol–water partition coefficient (Wildman–Crippen LogP) is 4.07. The molecule has 0 N–H and O–H groups in total. The van der Waals surface area contributed by atoms with Gasteiger partial charge in [-0.1, -0.05) is 42.5 Å². The average molecular weight is 324 g/mol. The van der Waals surface area contributed by atoms with Gasteiger partial charge >= 0.3 is 6.18 Å². The minimum absolute atomic E-state index is 0.0736. The van der Waals surface area contributed by atoms with Gasteiger partial charge in [0, 0.05) is 0 Å². The molecule has 0 bridgehead atoms. The number of aldehydes is 1. The van der Waals surface area contributed by atoms with Crippen LogP contribution in [0.15, 0.2) is 54.6 Å². The third kappa shape index (κ3) is 6.34. The second-order valence-electron chi connectivity index (χ2n) is 4.39. The molecule has 2 aromatic carbocycles. The fourth-order valence-electron chi connectivity index (χ4n) is 1.61. The number of Topliss-reactive ketones (excluding diaryl/α,β-unsaturated/α-hetero) is 1. The van der Waals surface area contributed by atoms with Gasteiger partial charge < -0.3 is 9.53 Å². The molecule has 6 heteroatoms. The Hall–Kier alpha value is -2.63. The van der Waals surface area contributed by atoms with Crippen LogP contribution in [0.2, 0.25) is 0 Å². The lowest BCUT2D eigenvalue weighted by atomic mass is 10.1. The normalized spacial score (nSPS) is 10.3. The van der Waals surface area contributed by atoms with Crippen molar-refractivity contribution in [3.8, 4) is 16.9 Å². The maximum atomic E-state index is 11.1. The molecule has 0 amide bonds. The first-order chi connectivity index (χ1) is 10.9. The van der Waals surface area contributed by atoms with Gasteiger partial charge in [-0.05, 0) is 23.3 Å². The van der Waals surface area contributed by atoms with Crippen molar-refractivity contribution < 1.29 is 27.5 Å². The molecule has 0 aliphatic carbocycles. The number of ether oxygens (including phenoxy) is 1. The number of ketones is 1. The van der Waals surface area contributed by atoms with Crippen molar-refractivity contribution in [3.63, 3.8) is 0 Å². The van der Waals surface area contributed by atoms with Crippen LogP contribution in [0.1, 0.15) is 6.42 Å². The van der Waals surface area contributed by atoms with E-state index in [1.54, 1.807) is 7.11 Å². The van der Waals surface area contributed by atoms with Crippen LogP contribution in [0.3, 0.4) is 0 Å². The molecule has 0 atom stereocenters. The summed E-state index contributed by atoms with van der Waals surface area (Å²) >= 11 is 0. The first kappa shape index (κ1) is 18.4. The monoisotopic (exact) mass is 324 g/mol. The average Bonchev–Trinajstić information content (AvgIpc) is 2.56. The van der Waals surface area contributed by atoms with Gasteiger partial charge in [-0.15, -0.1) is 0 Å². The lowest BCUT2D eigenvalue weighted by Crippen LogP contribution is -2.22. The van der Waals surface area contributed by atoms with Crippen LogP contribution in [0.4, 0.5) is 13.2 Å². The summed E-state index contributed by atoms with van der Waals surface area (Å²) < 4.78 is 38.5. The third-order valence-corrected chi connectivity index (χ3v) is 2.78. The number of hydrogen-bond donors (Lipinski definition) is 0. The Morgan fingerprint density at radius 3 is 1.91 bits per heavy atom. The molecule has 2 rings (SSSR count). The van der Waals surface area contributed by atoms with Crippen molar-refractivity contribution in [3.05, 3.63) is 54.6 Å². The summed E-state index contributed by atoms with van der Waals surface area (Å²) in [5.74, 6) is -1.11. The number of carbonyl (C=O) groups is 2. The first-order valence-corrected chi connectivity index (χ1v) is 6.61. The standard InChI is InChI=1S/C13H12O.C4H3F3O2/c1-14-13-9-7-12(8-10-13)11-5-3-2-4-6-11;5-4(6,7)3(9)1-2-8/h2-10H,1H3;2H,1H2. The molecule has 0 fully saturated rings. The molecule has 0 saturated carbocycles. The summed E-state index contributed by atoms with van der Waals surface area (Å²) in [7, 11) is 1.68. The molecule has 0 heterocycles. The molecular formula is C17H15F3O3. The van der Waals surface area contributed by atoms with Gasteiger partial charge in [0.1, 0.15) is 12.0 Å². The van der Waals surface area contributed by atoms with Gasteiger partial charge in [0.2, 0.25) is 5.78 Å². The molecule has 0 spiro atoms. The largest absolute Gasteiger partial charge is 0.497 e. The van der Waals surface area contributed by atoms with E-state index in [2.05, 4.69) is 24.3 Å². The summed E-state index contributed by atoms with van der Waals surface area (Å²) in [5.41, 5.74) is 2.45. The highest BCUT2D eigenvalue weighted by atomic mass is 19.4. The highest BCUT2D eigenvalue weighted by Gasteiger charge is 2.37. The fraction of sp³-hybridized carbons (Fsp3) is 0.176. The highest BCUT2D eigenvalue weighted by Crippen LogP contribution is 2.21. The van der Waals surface area contributed by atoms with Crippen LogP contribution >= 0.6 is 0 Å². The lowest BCUT2D eigenvalue weighted by molar-refractivity contribution is -0.171. The first-order valence-electron chi connectivity index (χ1n) is 6.61. The minimum Gasteiger partial charge on any atom is -0.497 e. The van der Waals surface area contributed by atoms with E-state index in [1.165, 1.54) is 11.1 Å². The van der Waals surface area contributed by atoms with Crippen LogP contribution in [0.5, 0.6) is 5.75 Å². The number of carbonyl (C=O) groups excluding carboxylic acids is 2. The number of methoxy groups -OCH3 is 1. The van der Waals surface area contributed by atoms with E-state index in [0.717, 1.165) is 5.75 Å². The molecule has 23 heavy (non-hydrogen) atoms. The van der Waals surface area contributed by atoms with Gasteiger partial charge in [0.15, 0.2) is 0 Å². The number of alkyl halides is 3. The Kier molecular flexibility index (Phi) is 6.99. The van der Waals surface area contributed by atoms with Gasteiger partial charge in [0.05, 0.1) is 13.5 Å². The second-order valence-corrected chi connectivity index (χ2v) is 4.39. The summed E-state index contributed by atoms with van der Waals surface area (Å²) in [4.78, 5) is 19.0. The highest BCUT2D eigenvalue weighted by molar-refractivity contribution is 5.93. The second kappa shape index (κ2) is 8.73. The van der Waals surface area contributed by atoms with Crippen molar-refractivity contribution in [1.29, 1.82) is 0 Å². The van der Waals surface area contributed by atoms with E-state index in [-0.39, 0.29) is 6.29 Å². The predicted molar refractivity (Wildman–Crippen MR) is 80.2 cm³/mol. The molecule has 3 nitrogen and oxygen atoms in total. The Bertz CT molecular complexity index is 620. The van der Waals surface area contributed by atoms with Gasteiger partial charge in [-0.2, -0.15) is 13.2 Å². The minimum atomic E-state index is -4.86. The van der Waals surface area contributed by atoms with Crippen molar-refractivity contribution in [2.75, 3.05) is 7.11 Å². The molecule has 0 aromatic heterocycles. The molecule has 0 unspecified atom stereocenters. The number of rotatable bonds is 4. The van der Waals surface area contributed by atoms with Gasteiger partial charge in [0.25, 0.3) is 0 Å². The van der Waals surface area contributed by atoms with Gasteiger partial charge in [-0.25, -0.2) is 0 Å². The maximum Gasteiger partial charge on any atom is 0.450 e. The van der Waals surface area contributed by atoms with Crippen molar-refractivity contribution >= 4 is 12.1 Å². The smallest absolute Gasteiger partial charge is 0.450 e. The molecular weight excluding hydrogens is 309 g/mol. The van der Waals surface area contributed by atoms with Crippen molar-refractivity contribution in [2.45, 2.75) is 12.6 Å². The topological polar surface area (TPSA) is 43.4 Å². The van der Waals surface area contributed by atoms with Crippen molar-refractivity contribution in [1.82, 2.24) is 0 Å². The summed E-state index contributed by atoms with van der Waals surface area (Å²) in [6, 6.07) is 18.4. The van der Waals surface area contributed by atoms with Crippen LogP contribution in [0.25, 0.3) is 11.1 Å². The SMILES string of the molecule is COc1ccc(-c2ccccc2)cc1.O=CCC(=O)C(F)(F)F. The Morgan fingerprint density at radius 1 is 1.00 bits per heavy atom. The fourth-order valence-corrected chi connectivity index (χ4v) is 1.61. The lowest BCUT2D eigenvalue weighted by Gasteiger charge is -2.02. The molecule has 0 radical (unpaired) electrons. The van der Waals surface area contributed by atoms with E-state index in [0.29, 0.717) is 0 Å². The molecule has 2 aromatic rings. The van der Waals surface area contributed by atoms with E-state index in [4.69, 9.17) is 4.74 Å². The summed E-state index contributed by atoms with van der Waals surface area (Å²) in [6.07, 6.45) is -6.01. The zero-order chi connectivity index (χ0) is 17.3. The molecule has 0 saturated heterocycles. The van der Waals surface area contributed by atoms with E-state index >= 15 is 0 Å². The van der Waals surface area contributed by atoms with Crippen LogP contribution in [0, 0.1) is 0 Å². The Balaban J connectivity index is 0.000000257. The molecule has 122 valence electrons. The van der Waals surface area contributed by atoms with Crippen LogP contribution in [-0.4, -0.2) is 25.4 Å². The van der Waals surface area contributed by atoms with E-state index in [9.17, 15) is 22.8 Å². The van der Waals surface area contributed by atoms with E-state index in [1.807, 2.05) is 30.3 Å². The zero-order valence-corrected chi connectivity index (χ0v) is 12.3. The number of hydrogen-bond acceptors (Lipinski definition) is 3. The quantitative estimate of drug-likeness (QED) is 0.629. The third-order valence-electron chi connectivity index (χ3n) is 2.78. The number of halogens is 3. The maximum absolute atomic E-state index is 11.1. The Morgan fingerprint density at radius 2 is 1.52 bits per heavy atom. The van der Waals surface area contributed by atoms with Crippen molar-refractivity contribution in [2.24, 2.45) is 0 Å². The number of benzene rings is 2. The van der Waals surface area contributed by atoms with Crippen LogP contribution < -0.4 is 4.74 Å². The van der Waals surface area contributed by atoms with Crippen LogP contribution in [-0.2, 0) is 9.59 Å². The molecule has 0 aliphatic rings. The summed E-state index contributed by atoms with van der Waals surface area (Å²) in [5, 5.41) is 0. The zero-order valence-electron chi connectivity index (χ0n) is 12.3.